The average Bonchev–Trinajstić information content (AvgIpc) is 2.81. The van der Waals surface area contributed by atoms with Gasteiger partial charge in [-0.3, -0.25) is 4.79 Å². The highest BCUT2D eigenvalue weighted by atomic mass is 16.3. The Morgan fingerprint density at radius 3 is 2.33 bits per heavy atom. The van der Waals surface area contributed by atoms with Crippen LogP contribution in [0.2, 0.25) is 0 Å². The first-order valence-corrected chi connectivity index (χ1v) is 10.4. The summed E-state index contributed by atoms with van der Waals surface area (Å²) >= 11 is 0. The van der Waals surface area contributed by atoms with Gasteiger partial charge in [0.25, 0.3) is 0 Å². The largest absolute Gasteiger partial charge is 0.393 e. The number of aliphatic hydroxyl groups excluding tert-OH is 1. The van der Waals surface area contributed by atoms with Crippen molar-refractivity contribution >= 4 is 5.78 Å². The van der Waals surface area contributed by atoms with Crippen LogP contribution >= 0.6 is 0 Å². The maximum atomic E-state index is 12.5. The van der Waals surface area contributed by atoms with Crippen molar-refractivity contribution in [2.75, 3.05) is 0 Å². The molecule has 1 N–H and O–H groups in total. The first-order chi connectivity index (χ1) is 11.2. The molecule has 4 rings (SSSR count). The molecule has 0 bridgehead atoms. The number of carbonyl (C=O) groups excluding carboxylic acids is 1. The van der Waals surface area contributed by atoms with E-state index in [1.54, 1.807) is 0 Å². The number of hydrogen-bond donors (Lipinski definition) is 1. The molecule has 0 heterocycles. The summed E-state index contributed by atoms with van der Waals surface area (Å²) in [5, 5.41) is 10.1. The minimum atomic E-state index is -0.0941. The Morgan fingerprint density at radius 1 is 0.917 bits per heavy atom. The van der Waals surface area contributed by atoms with Gasteiger partial charge in [-0.1, -0.05) is 20.8 Å². The lowest BCUT2D eigenvalue weighted by Crippen LogP contribution is -2.55. The van der Waals surface area contributed by atoms with Gasteiger partial charge in [0.2, 0.25) is 0 Å². The van der Waals surface area contributed by atoms with Crippen LogP contribution in [0.5, 0.6) is 0 Å². The van der Waals surface area contributed by atoms with Gasteiger partial charge in [-0.2, -0.15) is 0 Å². The molecule has 4 aliphatic carbocycles. The van der Waals surface area contributed by atoms with E-state index in [1.165, 1.54) is 38.5 Å². The molecule has 0 aliphatic heterocycles. The number of ketones is 1. The molecule has 2 heteroatoms. The molecule has 4 aliphatic rings. The molecule has 4 saturated carbocycles. The Balaban J connectivity index is 1.65. The monoisotopic (exact) mass is 332 g/mol. The van der Waals surface area contributed by atoms with Gasteiger partial charge in [-0.15, -0.1) is 0 Å². The number of aliphatic hydroxyl groups is 1. The second-order valence-corrected chi connectivity index (χ2v) is 10.5. The topological polar surface area (TPSA) is 37.3 Å². The maximum Gasteiger partial charge on any atom is 0.136 e. The smallest absolute Gasteiger partial charge is 0.136 e. The predicted octanol–water partition coefficient (Wildman–Crippen LogP) is 4.99. The molecule has 24 heavy (non-hydrogen) atoms. The van der Waals surface area contributed by atoms with Crippen molar-refractivity contribution in [3.63, 3.8) is 0 Å². The van der Waals surface area contributed by atoms with Gasteiger partial charge < -0.3 is 5.11 Å². The summed E-state index contributed by atoms with van der Waals surface area (Å²) in [6.07, 6.45) is 10.8. The molecular formula is C22H36O2. The van der Waals surface area contributed by atoms with Crippen molar-refractivity contribution in [2.24, 2.45) is 39.9 Å². The Bertz CT molecular complexity index is 542. The van der Waals surface area contributed by atoms with E-state index in [2.05, 4.69) is 20.8 Å². The molecule has 4 fully saturated rings. The van der Waals surface area contributed by atoms with E-state index >= 15 is 0 Å². The van der Waals surface area contributed by atoms with Crippen molar-refractivity contribution in [3.8, 4) is 0 Å². The molecule has 0 aromatic heterocycles. The molecule has 8 atom stereocenters. The molecule has 0 aromatic carbocycles. The summed E-state index contributed by atoms with van der Waals surface area (Å²) in [6.45, 7) is 9.09. The van der Waals surface area contributed by atoms with Crippen molar-refractivity contribution < 1.29 is 9.90 Å². The van der Waals surface area contributed by atoms with Crippen LogP contribution in [0, 0.1) is 39.9 Å². The van der Waals surface area contributed by atoms with E-state index in [9.17, 15) is 9.90 Å². The molecule has 0 radical (unpaired) electrons. The highest BCUT2D eigenvalue weighted by Crippen LogP contribution is 2.70. The number of rotatable bonds is 1. The van der Waals surface area contributed by atoms with Gasteiger partial charge >= 0.3 is 0 Å². The highest BCUT2D eigenvalue weighted by molar-refractivity contribution is 5.83. The lowest BCUT2D eigenvalue weighted by molar-refractivity contribution is -0.150. The summed E-state index contributed by atoms with van der Waals surface area (Å²) in [6, 6.07) is 0. The van der Waals surface area contributed by atoms with Crippen LogP contribution in [0.3, 0.4) is 0 Å². The van der Waals surface area contributed by atoms with Gasteiger partial charge in [0.1, 0.15) is 5.78 Å². The number of hydrogen-bond acceptors (Lipinski definition) is 2. The quantitative estimate of drug-likeness (QED) is 0.735. The van der Waals surface area contributed by atoms with Crippen LogP contribution in [-0.4, -0.2) is 17.0 Å². The number of fused-ring (bicyclic) bond motifs is 5. The molecule has 2 nitrogen and oxygen atoms in total. The molecule has 0 spiro atoms. The lowest BCUT2D eigenvalue weighted by Gasteiger charge is -2.61. The first-order valence-electron chi connectivity index (χ1n) is 10.4. The van der Waals surface area contributed by atoms with E-state index in [4.69, 9.17) is 0 Å². The van der Waals surface area contributed by atoms with Crippen molar-refractivity contribution in [3.05, 3.63) is 0 Å². The summed E-state index contributed by atoms with van der Waals surface area (Å²) in [4.78, 5) is 12.5. The summed E-state index contributed by atoms with van der Waals surface area (Å²) in [5.41, 5.74) is 0.569. The van der Waals surface area contributed by atoms with Gasteiger partial charge in [0.05, 0.1) is 6.10 Å². The van der Waals surface area contributed by atoms with Crippen LogP contribution in [0.15, 0.2) is 0 Å². The Labute approximate surface area is 147 Å². The summed E-state index contributed by atoms with van der Waals surface area (Å²) < 4.78 is 0. The van der Waals surface area contributed by atoms with E-state index in [0.717, 1.165) is 42.9 Å². The third kappa shape index (κ3) is 2.01. The van der Waals surface area contributed by atoms with Crippen molar-refractivity contribution in [2.45, 2.75) is 91.6 Å². The highest BCUT2D eigenvalue weighted by Gasteiger charge is 2.64. The van der Waals surface area contributed by atoms with Crippen LogP contribution in [0.4, 0.5) is 0 Å². The Hall–Kier alpha value is -0.370. The molecule has 6 unspecified atom stereocenters. The van der Waals surface area contributed by atoms with Crippen molar-refractivity contribution in [1.82, 2.24) is 0 Å². The SMILES string of the molecule is CC(=O)[C@@]1(C)CCC2C3CCC4CC(O)CCC4(C)C3CC[C@@]21C. The second kappa shape index (κ2) is 5.32. The standard InChI is InChI=1S/C22H36O2/c1-14(23)21(3)11-9-19-17-6-5-15-13-16(24)7-10-20(15,2)18(17)8-12-22(19,21)4/h15-19,24H,5-13H2,1-4H3/t15?,16?,17?,18?,19?,20?,21-,22+/m1/s1. The fraction of sp³-hybridized carbons (Fsp3) is 0.955. The second-order valence-electron chi connectivity index (χ2n) is 10.5. The minimum absolute atomic E-state index is 0.0547. The molecule has 0 aromatic rings. The summed E-state index contributed by atoms with van der Waals surface area (Å²) in [5.74, 6) is 3.55. The van der Waals surface area contributed by atoms with Gasteiger partial charge in [0, 0.05) is 5.41 Å². The molecule has 0 amide bonds. The fourth-order valence-electron chi connectivity index (χ4n) is 8.08. The minimum Gasteiger partial charge on any atom is -0.393 e. The zero-order valence-electron chi connectivity index (χ0n) is 16.1. The predicted molar refractivity (Wildman–Crippen MR) is 96.5 cm³/mol. The van der Waals surface area contributed by atoms with E-state index in [-0.39, 0.29) is 16.9 Å². The normalized spacial score (nSPS) is 57.0. The zero-order valence-corrected chi connectivity index (χ0v) is 16.1. The third-order valence-electron chi connectivity index (χ3n) is 10.0. The van der Waals surface area contributed by atoms with Gasteiger partial charge in [0.15, 0.2) is 0 Å². The third-order valence-corrected chi connectivity index (χ3v) is 10.0. The van der Waals surface area contributed by atoms with Crippen LogP contribution in [0.25, 0.3) is 0 Å². The van der Waals surface area contributed by atoms with E-state index in [0.29, 0.717) is 11.2 Å². The van der Waals surface area contributed by atoms with Crippen LogP contribution < -0.4 is 0 Å². The maximum absolute atomic E-state index is 12.5. The number of Topliss-reactive ketones (excluding diaryl/α,β-unsaturated/α-hetero) is 1. The Kier molecular flexibility index (Phi) is 3.78. The lowest BCUT2D eigenvalue weighted by atomic mass is 9.43. The average molecular weight is 333 g/mol. The van der Waals surface area contributed by atoms with E-state index < -0.39 is 0 Å². The van der Waals surface area contributed by atoms with Crippen LogP contribution in [-0.2, 0) is 4.79 Å². The van der Waals surface area contributed by atoms with E-state index in [1.807, 2.05) is 6.92 Å². The molecular weight excluding hydrogens is 296 g/mol. The molecule has 136 valence electrons. The Morgan fingerprint density at radius 2 is 1.62 bits per heavy atom. The van der Waals surface area contributed by atoms with Crippen LogP contribution in [0.1, 0.15) is 85.5 Å². The van der Waals surface area contributed by atoms with Crippen molar-refractivity contribution in [1.29, 1.82) is 0 Å². The fourth-order valence-corrected chi connectivity index (χ4v) is 8.08. The van der Waals surface area contributed by atoms with Gasteiger partial charge in [-0.25, -0.2) is 0 Å². The first kappa shape index (κ1) is 17.1. The number of carbonyl (C=O) groups is 1. The van der Waals surface area contributed by atoms with Gasteiger partial charge in [-0.05, 0) is 99.2 Å². The zero-order chi connectivity index (χ0) is 17.3. The molecule has 0 saturated heterocycles. The summed E-state index contributed by atoms with van der Waals surface area (Å²) in [7, 11) is 0.